The van der Waals surface area contributed by atoms with Crippen LogP contribution in [-0.2, 0) is 6.54 Å². The molecule has 9 heteroatoms. The Morgan fingerprint density at radius 2 is 1.97 bits per heavy atom. The van der Waals surface area contributed by atoms with Crippen molar-refractivity contribution in [3.05, 3.63) is 60.3 Å². The molecule has 0 spiro atoms. The number of unbranched alkanes of at least 4 members (excludes halogenated alkanes) is 1. The quantitative estimate of drug-likeness (QED) is 0.367. The Labute approximate surface area is 199 Å². The van der Waals surface area contributed by atoms with E-state index in [1.54, 1.807) is 13.4 Å². The third-order valence-corrected chi connectivity index (χ3v) is 4.97. The number of anilines is 2. The highest BCUT2D eigenvalue weighted by Crippen LogP contribution is 2.31. The van der Waals surface area contributed by atoms with Gasteiger partial charge in [-0.25, -0.2) is 4.98 Å². The lowest BCUT2D eigenvalue weighted by atomic mass is 10.1. The zero-order valence-electron chi connectivity index (χ0n) is 18.2. The molecule has 0 saturated heterocycles. The number of halogens is 2. The number of benzene rings is 2. The van der Waals surface area contributed by atoms with E-state index in [4.69, 9.17) is 9.84 Å². The van der Waals surface area contributed by atoms with Gasteiger partial charge in [0.05, 0.1) is 42.1 Å². The van der Waals surface area contributed by atoms with Crippen molar-refractivity contribution >= 4 is 47.1 Å². The van der Waals surface area contributed by atoms with Gasteiger partial charge in [-0.15, -0.1) is 24.8 Å². The Kier molecular flexibility index (Phi) is 8.53. The van der Waals surface area contributed by atoms with Crippen molar-refractivity contribution in [1.29, 1.82) is 5.26 Å². The summed E-state index contributed by atoms with van der Waals surface area (Å²) in [6, 6.07) is 11.8. The standard InChI is InChI=1S/C23H24N6O.2ClH/c1-4-5-8-29-14-18-9-17(12-24)10-20(23(18)27-29)26-19-6-7-21(22(11-19)30-3)28-13-16(2)25-15-28;;/h6-7,9-11,13-15,26H,4-5,8H2,1-3H3;2*1H. The van der Waals surface area contributed by atoms with E-state index in [1.165, 1.54) is 0 Å². The minimum Gasteiger partial charge on any atom is -0.494 e. The van der Waals surface area contributed by atoms with Crippen LogP contribution < -0.4 is 10.1 Å². The second-order valence-electron chi connectivity index (χ2n) is 7.25. The van der Waals surface area contributed by atoms with Gasteiger partial charge in [-0.2, -0.15) is 10.4 Å². The largest absolute Gasteiger partial charge is 0.494 e. The normalized spacial score (nSPS) is 10.2. The van der Waals surface area contributed by atoms with Crippen LogP contribution in [0.1, 0.15) is 31.0 Å². The number of nitrogens with one attached hydrogen (secondary N) is 1. The SMILES string of the molecule is CCCCn1cc2cc(C#N)cc(Nc3ccc(-n4cnc(C)c4)c(OC)c3)c2n1.Cl.Cl. The number of fused-ring (bicyclic) bond motifs is 1. The van der Waals surface area contributed by atoms with Gasteiger partial charge in [0.2, 0.25) is 0 Å². The molecule has 2 aromatic heterocycles. The van der Waals surface area contributed by atoms with Gasteiger partial charge < -0.3 is 14.6 Å². The minimum absolute atomic E-state index is 0. The molecule has 168 valence electrons. The number of hydrogen-bond acceptors (Lipinski definition) is 5. The lowest BCUT2D eigenvalue weighted by Gasteiger charge is -2.13. The van der Waals surface area contributed by atoms with E-state index in [0.29, 0.717) is 5.56 Å². The van der Waals surface area contributed by atoms with Crippen molar-refractivity contribution in [1.82, 2.24) is 19.3 Å². The van der Waals surface area contributed by atoms with E-state index in [0.717, 1.165) is 58.8 Å². The third-order valence-electron chi connectivity index (χ3n) is 4.97. The molecule has 7 nitrogen and oxygen atoms in total. The number of hydrogen-bond donors (Lipinski definition) is 1. The monoisotopic (exact) mass is 472 g/mol. The fourth-order valence-corrected chi connectivity index (χ4v) is 3.46. The summed E-state index contributed by atoms with van der Waals surface area (Å²) in [6.07, 6.45) is 7.89. The number of ether oxygens (including phenoxy) is 1. The van der Waals surface area contributed by atoms with Crippen molar-refractivity contribution in [3.8, 4) is 17.5 Å². The number of imidazole rings is 1. The minimum atomic E-state index is 0. The predicted octanol–water partition coefficient (Wildman–Crippen LogP) is 5.80. The van der Waals surface area contributed by atoms with Crippen molar-refractivity contribution in [2.75, 3.05) is 12.4 Å². The fraction of sp³-hybridized carbons (Fsp3) is 0.261. The van der Waals surface area contributed by atoms with Crippen molar-refractivity contribution in [3.63, 3.8) is 0 Å². The molecular weight excluding hydrogens is 447 g/mol. The Bertz CT molecular complexity index is 1240. The Morgan fingerprint density at radius 1 is 1.16 bits per heavy atom. The number of methoxy groups -OCH3 is 1. The third kappa shape index (κ3) is 5.16. The first-order valence-electron chi connectivity index (χ1n) is 9.98. The zero-order chi connectivity index (χ0) is 21.1. The average Bonchev–Trinajstić information content (AvgIpc) is 3.37. The van der Waals surface area contributed by atoms with Gasteiger partial charge >= 0.3 is 0 Å². The molecule has 0 atom stereocenters. The van der Waals surface area contributed by atoms with Crippen LogP contribution in [0.2, 0.25) is 0 Å². The molecule has 0 aliphatic rings. The van der Waals surface area contributed by atoms with Crippen LogP contribution in [0.25, 0.3) is 16.6 Å². The lowest BCUT2D eigenvalue weighted by molar-refractivity contribution is 0.413. The van der Waals surface area contributed by atoms with Crippen LogP contribution in [0.3, 0.4) is 0 Å². The number of aryl methyl sites for hydroxylation is 2. The lowest BCUT2D eigenvalue weighted by Crippen LogP contribution is -1.99. The fourth-order valence-electron chi connectivity index (χ4n) is 3.46. The average molecular weight is 473 g/mol. The van der Waals surface area contributed by atoms with Gasteiger partial charge in [0, 0.05) is 36.1 Å². The highest BCUT2D eigenvalue weighted by atomic mass is 35.5. The molecule has 0 aliphatic carbocycles. The molecule has 2 heterocycles. The molecule has 1 N–H and O–H groups in total. The molecule has 4 rings (SSSR count). The Morgan fingerprint density at radius 3 is 2.62 bits per heavy atom. The summed E-state index contributed by atoms with van der Waals surface area (Å²) in [5, 5.41) is 18.5. The second kappa shape index (κ2) is 10.9. The van der Waals surface area contributed by atoms with Crippen LogP contribution in [0.15, 0.2) is 49.1 Å². The molecule has 2 aromatic carbocycles. The molecule has 0 unspecified atom stereocenters. The smallest absolute Gasteiger partial charge is 0.144 e. The zero-order valence-corrected chi connectivity index (χ0v) is 19.8. The van der Waals surface area contributed by atoms with Crippen LogP contribution in [-0.4, -0.2) is 26.4 Å². The van der Waals surface area contributed by atoms with E-state index in [9.17, 15) is 5.26 Å². The van der Waals surface area contributed by atoms with E-state index >= 15 is 0 Å². The first kappa shape index (κ1) is 25.1. The first-order valence-corrected chi connectivity index (χ1v) is 9.98. The topological polar surface area (TPSA) is 80.7 Å². The van der Waals surface area contributed by atoms with Gasteiger partial charge in [-0.05, 0) is 37.6 Å². The second-order valence-corrected chi connectivity index (χ2v) is 7.25. The van der Waals surface area contributed by atoms with Crippen LogP contribution in [0, 0.1) is 18.3 Å². The molecule has 0 saturated carbocycles. The number of nitriles is 1. The molecular formula is C23H26Cl2N6O. The van der Waals surface area contributed by atoms with Crippen molar-refractivity contribution in [2.45, 2.75) is 33.2 Å². The Balaban J connectivity index is 0.00000181. The first-order chi connectivity index (χ1) is 14.6. The van der Waals surface area contributed by atoms with Gasteiger partial charge in [0.25, 0.3) is 0 Å². The van der Waals surface area contributed by atoms with Gasteiger partial charge in [-0.1, -0.05) is 13.3 Å². The summed E-state index contributed by atoms with van der Waals surface area (Å²) in [6.45, 7) is 4.97. The van der Waals surface area contributed by atoms with Crippen LogP contribution >= 0.6 is 24.8 Å². The molecule has 0 fully saturated rings. The van der Waals surface area contributed by atoms with Gasteiger partial charge in [0.1, 0.15) is 11.3 Å². The summed E-state index contributed by atoms with van der Waals surface area (Å²) in [5.41, 5.74) is 4.94. The van der Waals surface area contributed by atoms with Gasteiger partial charge in [0.15, 0.2) is 0 Å². The van der Waals surface area contributed by atoms with Crippen molar-refractivity contribution in [2.24, 2.45) is 0 Å². The van der Waals surface area contributed by atoms with Crippen LogP contribution in [0.4, 0.5) is 11.4 Å². The molecule has 0 radical (unpaired) electrons. The molecule has 0 bridgehead atoms. The highest BCUT2D eigenvalue weighted by molar-refractivity contribution is 5.93. The van der Waals surface area contributed by atoms with E-state index in [2.05, 4.69) is 23.3 Å². The maximum atomic E-state index is 9.45. The van der Waals surface area contributed by atoms with E-state index in [1.807, 2.05) is 58.9 Å². The molecule has 32 heavy (non-hydrogen) atoms. The number of aromatic nitrogens is 4. The Hall–Kier alpha value is -3.21. The van der Waals surface area contributed by atoms with Gasteiger partial charge in [-0.3, -0.25) is 4.68 Å². The molecule has 4 aromatic rings. The van der Waals surface area contributed by atoms with E-state index in [-0.39, 0.29) is 24.8 Å². The molecule has 0 amide bonds. The van der Waals surface area contributed by atoms with Crippen molar-refractivity contribution < 1.29 is 4.74 Å². The maximum Gasteiger partial charge on any atom is 0.144 e. The predicted molar refractivity (Wildman–Crippen MR) is 132 cm³/mol. The number of rotatable bonds is 7. The number of nitrogens with zero attached hydrogens (tertiary/aromatic N) is 5. The summed E-state index contributed by atoms with van der Waals surface area (Å²) < 4.78 is 9.49. The summed E-state index contributed by atoms with van der Waals surface area (Å²) in [7, 11) is 1.65. The molecule has 0 aliphatic heterocycles. The summed E-state index contributed by atoms with van der Waals surface area (Å²) in [4.78, 5) is 4.29. The van der Waals surface area contributed by atoms with Crippen LogP contribution in [0.5, 0.6) is 5.75 Å². The maximum absolute atomic E-state index is 9.45. The summed E-state index contributed by atoms with van der Waals surface area (Å²) >= 11 is 0. The summed E-state index contributed by atoms with van der Waals surface area (Å²) in [5.74, 6) is 0.721. The van der Waals surface area contributed by atoms with E-state index < -0.39 is 0 Å². The highest BCUT2D eigenvalue weighted by Gasteiger charge is 2.12.